The molecule has 1 rings (SSSR count). The summed E-state index contributed by atoms with van der Waals surface area (Å²) in [5, 5.41) is 2.90. The second kappa shape index (κ2) is 5.61. The van der Waals surface area contributed by atoms with Crippen molar-refractivity contribution in [2.45, 2.75) is 45.2 Å². The van der Waals surface area contributed by atoms with Gasteiger partial charge >= 0.3 is 0 Å². The molecular weight excluding hydrogens is 186 g/mol. The van der Waals surface area contributed by atoms with Crippen LogP contribution in [0.1, 0.15) is 26.7 Å². The first-order chi connectivity index (χ1) is 6.65. The molecule has 0 aromatic rings. The topological polar surface area (TPSA) is 15.3 Å². The molecule has 2 nitrogen and oxygen atoms in total. The van der Waals surface area contributed by atoms with Gasteiger partial charge in [0, 0.05) is 12.6 Å². The molecule has 1 aliphatic heterocycles. The van der Waals surface area contributed by atoms with Crippen LogP contribution < -0.4 is 5.32 Å². The van der Waals surface area contributed by atoms with Crippen LogP contribution in [0.25, 0.3) is 0 Å². The Morgan fingerprint density at radius 2 is 2.21 bits per heavy atom. The zero-order valence-corrected chi connectivity index (χ0v) is 8.97. The lowest BCUT2D eigenvalue weighted by Crippen LogP contribution is -2.43. The van der Waals surface area contributed by atoms with E-state index in [2.05, 4.69) is 17.1 Å². The summed E-state index contributed by atoms with van der Waals surface area (Å²) in [5.41, 5.74) is 0. The smallest absolute Gasteiger partial charge is 0.253 e. The van der Waals surface area contributed by atoms with Crippen LogP contribution in [-0.2, 0) is 0 Å². The molecule has 2 unspecified atom stereocenters. The highest BCUT2D eigenvalue weighted by atomic mass is 19.3. The number of hydrogen-bond donors (Lipinski definition) is 1. The summed E-state index contributed by atoms with van der Waals surface area (Å²) in [5.74, 6) is 0. The molecule has 2 atom stereocenters. The van der Waals surface area contributed by atoms with Crippen molar-refractivity contribution in [1.29, 1.82) is 0 Å². The molecule has 0 aromatic heterocycles. The molecule has 0 aliphatic carbocycles. The van der Waals surface area contributed by atoms with Gasteiger partial charge in [-0.2, -0.15) is 0 Å². The molecule has 0 amide bonds. The van der Waals surface area contributed by atoms with Gasteiger partial charge in [0.25, 0.3) is 6.43 Å². The summed E-state index contributed by atoms with van der Waals surface area (Å²) in [6.07, 6.45) is 0.0755. The van der Waals surface area contributed by atoms with E-state index in [0.717, 1.165) is 19.5 Å². The van der Waals surface area contributed by atoms with E-state index in [1.54, 1.807) is 0 Å². The number of nitrogens with one attached hydrogen (secondary N) is 1. The van der Waals surface area contributed by atoms with Gasteiger partial charge < -0.3 is 5.32 Å². The highest BCUT2D eigenvalue weighted by Gasteiger charge is 2.24. The molecule has 0 radical (unpaired) electrons. The average molecular weight is 206 g/mol. The highest BCUT2D eigenvalue weighted by molar-refractivity contribution is 4.81. The van der Waals surface area contributed by atoms with E-state index >= 15 is 0 Å². The first kappa shape index (κ1) is 11.9. The minimum atomic E-state index is -2.26. The number of alkyl halides is 2. The number of rotatable bonds is 5. The van der Waals surface area contributed by atoms with Crippen LogP contribution in [0.3, 0.4) is 0 Å². The van der Waals surface area contributed by atoms with Gasteiger partial charge in [-0.15, -0.1) is 0 Å². The third-order valence-electron chi connectivity index (χ3n) is 2.96. The Morgan fingerprint density at radius 1 is 1.50 bits per heavy atom. The van der Waals surface area contributed by atoms with Crippen molar-refractivity contribution < 1.29 is 8.78 Å². The van der Waals surface area contributed by atoms with Crippen LogP contribution in [-0.4, -0.2) is 43.0 Å². The molecule has 0 bridgehead atoms. The lowest BCUT2D eigenvalue weighted by molar-refractivity contribution is 0.102. The monoisotopic (exact) mass is 206 g/mol. The van der Waals surface area contributed by atoms with E-state index in [9.17, 15) is 8.78 Å². The maximum Gasteiger partial charge on any atom is 0.253 e. The summed E-state index contributed by atoms with van der Waals surface area (Å²) in [6, 6.07) is -0.226. The van der Waals surface area contributed by atoms with Gasteiger partial charge in [-0.1, -0.05) is 6.92 Å². The predicted molar refractivity (Wildman–Crippen MR) is 53.7 cm³/mol. The van der Waals surface area contributed by atoms with Gasteiger partial charge in [0.15, 0.2) is 0 Å². The average Bonchev–Trinajstić information content (AvgIpc) is 2.60. The van der Waals surface area contributed by atoms with Crippen LogP contribution in [0.5, 0.6) is 0 Å². The largest absolute Gasteiger partial charge is 0.308 e. The fraction of sp³-hybridized carbons (Fsp3) is 1.00. The standard InChI is InChI=1S/C10H20F2N2/c1-3-14-6-4-5-9(14)7-13-8(2)10(11)12/h8-10,13H,3-7H2,1-2H3. The van der Waals surface area contributed by atoms with Gasteiger partial charge in [0.2, 0.25) is 0 Å². The van der Waals surface area contributed by atoms with E-state index in [0.29, 0.717) is 12.6 Å². The molecule has 1 saturated heterocycles. The molecule has 0 aromatic carbocycles. The van der Waals surface area contributed by atoms with Gasteiger partial charge in [-0.25, -0.2) is 8.78 Å². The fourth-order valence-electron chi connectivity index (χ4n) is 1.95. The lowest BCUT2D eigenvalue weighted by Gasteiger charge is -2.24. The van der Waals surface area contributed by atoms with E-state index in [-0.39, 0.29) is 0 Å². The zero-order valence-electron chi connectivity index (χ0n) is 8.97. The number of likely N-dealkylation sites (tertiary alicyclic amines) is 1. The molecule has 0 spiro atoms. The van der Waals surface area contributed by atoms with Crippen LogP contribution in [0, 0.1) is 0 Å². The van der Waals surface area contributed by atoms with Crippen LogP contribution >= 0.6 is 0 Å². The molecule has 0 saturated carbocycles. The Morgan fingerprint density at radius 3 is 2.79 bits per heavy atom. The first-order valence-electron chi connectivity index (χ1n) is 5.40. The van der Waals surface area contributed by atoms with E-state index < -0.39 is 12.5 Å². The highest BCUT2D eigenvalue weighted by Crippen LogP contribution is 2.15. The van der Waals surface area contributed by atoms with Crippen molar-refractivity contribution in [3.63, 3.8) is 0 Å². The van der Waals surface area contributed by atoms with Crippen LogP contribution in [0.2, 0.25) is 0 Å². The summed E-state index contributed by atoms with van der Waals surface area (Å²) >= 11 is 0. The van der Waals surface area contributed by atoms with Gasteiger partial charge in [0.1, 0.15) is 0 Å². The van der Waals surface area contributed by atoms with Crippen LogP contribution in [0.4, 0.5) is 8.78 Å². The molecule has 1 heterocycles. The molecule has 84 valence electrons. The zero-order chi connectivity index (χ0) is 10.6. The number of likely N-dealkylation sites (N-methyl/N-ethyl adjacent to an activating group) is 1. The van der Waals surface area contributed by atoms with Gasteiger partial charge in [-0.05, 0) is 32.9 Å². The maximum atomic E-state index is 12.2. The van der Waals surface area contributed by atoms with Gasteiger partial charge in [-0.3, -0.25) is 4.90 Å². The van der Waals surface area contributed by atoms with Crippen molar-refractivity contribution in [2.24, 2.45) is 0 Å². The second-order valence-corrected chi connectivity index (χ2v) is 3.96. The third kappa shape index (κ3) is 3.17. The first-order valence-corrected chi connectivity index (χ1v) is 5.40. The molecule has 4 heteroatoms. The van der Waals surface area contributed by atoms with Crippen molar-refractivity contribution in [3.8, 4) is 0 Å². The quantitative estimate of drug-likeness (QED) is 0.736. The maximum absolute atomic E-state index is 12.2. The number of nitrogens with zero attached hydrogens (tertiary/aromatic N) is 1. The Bertz CT molecular complexity index is 164. The summed E-state index contributed by atoms with van der Waals surface area (Å²) in [4.78, 5) is 2.35. The molecule has 1 aliphatic rings. The van der Waals surface area contributed by atoms with E-state index in [1.165, 1.54) is 13.3 Å². The summed E-state index contributed by atoms with van der Waals surface area (Å²) in [7, 11) is 0. The molecule has 1 fully saturated rings. The van der Waals surface area contributed by atoms with Crippen molar-refractivity contribution in [2.75, 3.05) is 19.6 Å². The predicted octanol–water partition coefficient (Wildman–Crippen LogP) is 1.71. The summed E-state index contributed by atoms with van der Waals surface area (Å²) < 4.78 is 24.4. The Balaban J connectivity index is 2.23. The van der Waals surface area contributed by atoms with Crippen molar-refractivity contribution in [3.05, 3.63) is 0 Å². The molecular formula is C10H20F2N2. The van der Waals surface area contributed by atoms with Gasteiger partial charge in [0.05, 0.1) is 6.04 Å². The Hall–Kier alpha value is -0.220. The number of halogens is 2. The fourth-order valence-corrected chi connectivity index (χ4v) is 1.95. The Kier molecular flexibility index (Phi) is 4.75. The minimum absolute atomic E-state index is 0.459. The third-order valence-corrected chi connectivity index (χ3v) is 2.96. The second-order valence-electron chi connectivity index (χ2n) is 3.96. The SMILES string of the molecule is CCN1CCCC1CNC(C)C(F)F. The van der Waals surface area contributed by atoms with Crippen molar-refractivity contribution in [1.82, 2.24) is 10.2 Å². The number of hydrogen-bond acceptors (Lipinski definition) is 2. The molecule has 14 heavy (non-hydrogen) atoms. The van der Waals surface area contributed by atoms with E-state index in [1.807, 2.05) is 0 Å². The van der Waals surface area contributed by atoms with Crippen molar-refractivity contribution >= 4 is 0 Å². The van der Waals surface area contributed by atoms with Crippen LogP contribution in [0.15, 0.2) is 0 Å². The van der Waals surface area contributed by atoms with E-state index in [4.69, 9.17) is 0 Å². The molecule has 1 N–H and O–H groups in total. The minimum Gasteiger partial charge on any atom is -0.308 e. The Labute approximate surface area is 84.7 Å². The normalized spacial score (nSPS) is 25.9. The lowest BCUT2D eigenvalue weighted by atomic mass is 10.2. The summed E-state index contributed by atoms with van der Waals surface area (Å²) in [6.45, 7) is 6.49.